The third kappa shape index (κ3) is 6.56. The average Bonchev–Trinajstić information content (AvgIpc) is 2.79. The molecule has 154 valence electrons. The summed E-state index contributed by atoms with van der Waals surface area (Å²) in [4.78, 5) is 9.24. The maximum Gasteiger partial charge on any atom is 0.131 e. The molecule has 1 saturated carbocycles. The van der Waals surface area contributed by atoms with Gasteiger partial charge in [0, 0.05) is 29.8 Å². The van der Waals surface area contributed by atoms with Gasteiger partial charge in [-0.2, -0.15) is 5.26 Å². The van der Waals surface area contributed by atoms with Crippen molar-refractivity contribution >= 4 is 0 Å². The minimum atomic E-state index is 0.215. The van der Waals surface area contributed by atoms with E-state index >= 15 is 0 Å². The highest BCUT2D eigenvalue weighted by Gasteiger charge is 2.23. The minimum Gasteiger partial charge on any atom is -0.494 e. The van der Waals surface area contributed by atoms with E-state index in [0.717, 1.165) is 61.4 Å². The number of nitriles is 1. The van der Waals surface area contributed by atoms with E-state index < -0.39 is 0 Å². The normalized spacial score (nSPS) is 18.9. The van der Waals surface area contributed by atoms with Gasteiger partial charge in [0.15, 0.2) is 0 Å². The molecule has 0 bridgehead atoms. The third-order valence-corrected chi connectivity index (χ3v) is 5.90. The fourth-order valence-electron chi connectivity index (χ4n) is 3.99. The number of nitrogens with zero attached hydrogens (tertiary/aromatic N) is 3. The van der Waals surface area contributed by atoms with Gasteiger partial charge in [-0.15, -0.1) is 0 Å². The monoisotopic (exact) mass is 391 g/mol. The molecule has 1 fully saturated rings. The summed E-state index contributed by atoms with van der Waals surface area (Å²) < 4.78 is 5.87. The predicted molar refractivity (Wildman–Crippen MR) is 117 cm³/mol. The fraction of sp³-hybridized carbons (Fsp3) is 0.560. The van der Waals surface area contributed by atoms with Gasteiger partial charge in [0.2, 0.25) is 0 Å². The van der Waals surface area contributed by atoms with Gasteiger partial charge in [0.05, 0.1) is 12.7 Å². The molecule has 0 N–H and O–H groups in total. The van der Waals surface area contributed by atoms with Crippen LogP contribution in [0.3, 0.4) is 0 Å². The smallest absolute Gasteiger partial charge is 0.131 e. The Bertz CT molecular complexity index is 756. The lowest BCUT2D eigenvalue weighted by atomic mass is 9.82. The van der Waals surface area contributed by atoms with Crippen LogP contribution in [0.15, 0.2) is 36.7 Å². The molecule has 0 amide bonds. The highest BCUT2D eigenvalue weighted by atomic mass is 16.5. The van der Waals surface area contributed by atoms with Crippen molar-refractivity contribution in [1.29, 1.82) is 5.26 Å². The van der Waals surface area contributed by atoms with Crippen LogP contribution in [-0.2, 0) is 0 Å². The van der Waals surface area contributed by atoms with E-state index in [1.807, 2.05) is 24.5 Å². The molecule has 1 aliphatic carbocycles. The van der Waals surface area contributed by atoms with Crippen molar-refractivity contribution in [2.75, 3.05) is 6.61 Å². The number of aromatic nitrogens is 2. The van der Waals surface area contributed by atoms with Gasteiger partial charge in [-0.05, 0) is 49.8 Å². The maximum absolute atomic E-state index is 9.04. The zero-order valence-corrected chi connectivity index (χ0v) is 17.6. The van der Waals surface area contributed by atoms with Crippen LogP contribution in [0.1, 0.15) is 82.9 Å². The first kappa shape index (κ1) is 21.3. The van der Waals surface area contributed by atoms with Crippen LogP contribution < -0.4 is 4.74 Å². The van der Waals surface area contributed by atoms with Crippen LogP contribution in [0, 0.1) is 17.2 Å². The Morgan fingerprint density at radius 3 is 2.21 bits per heavy atom. The van der Waals surface area contributed by atoms with Crippen molar-refractivity contribution in [3.05, 3.63) is 42.5 Å². The van der Waals surface area contributed by atoms with E-state index in [1.54, 1.807) is 0 Å². The molecule has 1 aromatic heterocycles. The number of benzene rings is 1. The van der Waals surface area contributed by atoms with Crippen LogP contribution in [0.4, 0.5) is 0 Å². The molecule has 1 aromatic carbocycles. The average molecular weight is 392 g/mol. The highest BCUT2D eigenvalue weighted by Crippen LogP contribution is 2.34. The summed E-state index contributed by atoms with van der Waals surface area (Å²) in [5, 5.41) is 9.04. The minimum absolute atomic E-state index is 0.215. The number of unbranched alkanes of at least 4 members (excludes halogenated alkanes) is 5. The highest BCUT2D eigenvalue weighted by molar-refractivity contribution is 5.62. The zero-order valence-electron chi connectivity index (χ0n) is 17.6. The summed E-state index contributed by atoms with van der Waals surface area (Å²) in [5.74, 6) is 2.46. The van der Waals surface area contributed by atoms with Crippen LogP contribution >= 0.6 is 0 Å². The molecular formula is C25H33N3O. The van der Waals surface area contributed by atoms with Gasteiger partial charge in [-0.25, -0.2) is 9.97 Å². The summed E-state index contributed by atoms with van der Waals surface area (Å²) >= 11 is 0. The van der Waals surface area contributed by atoms with Gasteiger partial charge in [-0.1, -0.05) is 51.2 Å². The largest absolute Gasteiger partial charge is 0.494 e. The molecule has 3 rings (SSSR count). The van der Waals surface area contributed by atoms with Crippen LogP contribution in [0.5, 0.6) is 5.75 Å². The van der Waals surface area contributed by atoms with E-state index in [-0.39, 0.29) is 5.92 Å². The zero-order chi connectivity index (χ0) is 20.3. The van der Waals surface area contributed by atoms with Crippen molar-refractivity contribution in [1.82, 2.24) is 9.97 Å². The van der Waals surface area contributed by atoms with Crippen LogP contribution in [0.25, 0.3) is 11.1 Å². The second kappa shape index (κ2) is 11.6. The first-order valence-electron chi connectivity index (χ1n) is 11.2. The second-order valence-electron chi connectivity index (χ2n) is 8.15. The standard InChI is InChI=1S/C25H33N3O/c1-2-3-4-5-6-7-16-29-24-14-12-21(13-15-24)23-18-27-25(28-19-23)22-10-8-20(17-26)9-11-22/h12-15,18-20,22H,2-11,16H2,1H3/t20-,22-. The van der Waals surface area contributed by atoms with Crippen LogP contribution in [-0.4, -0.2) is 16.6 Å². The fourth-order valence-corrected chi connectivity index (χ4v) is 3.99. The van der Waals surface area contributed by atoms with E-state index in [0.29, 0.717) is 5.92 Å². The molecule has 4 nitrogen and oxygen atoms in total. The molecule has 1 heterocycles. The number of ether oxygens (including phenoxy) is 1. The lowest BCUT2D eigenvalue weighted by Gasteiger charge is -2.23. The van der Waals surface area contributed by atoms with E-state index in [9.17, 15) is 0 Å². The van der Waals surface area contributed by atoms with Gasteiger partial charge < -0.3 is 4.74 Å². The van der Waals surface area contributed by atoms with Gasteiger partial charge in [-0.3, -0.25) is 0 Å². The molecule has 2 aromatic rings. The van der Waals surface area contributed by atoms with Crippen LogP contribution in [0.2, 0.25) is 0 Å². The molecule has 0 unspecified atom stereocenters. The van der Waals surface area contributed by atoms with E-state index in [1.165, 1.54) is 32.1 Å². The molecule has 0 spiro atoms. The van der Waals surface area contributed by atoms with E-state index in [4.69, 9.17) is 10.00 Å². The number of rotatable bonds is 10. The summed E-state index contributed by atoms with van der Waals surface area (Å²) in [6.07, 6.45) is 15.5. The number of hydrogen-bond acceptors (Lipinski definition) is 4. The Hall–Kier alpha value is -2.41. The Morgan fingerprint density at radius 1 is 0.897 bits per heavy atom. The molecule has 1 aliphatic rings. The Balaban J connectivity index is 1.45. The van der Waals surface area contributed by atoms with Gasteiger partial charge in [0.25, 0.3) is 0 Å². The topological polar surface area (TPSA) is 58.8 Å². The summed E-state index contributed by atoms with van der Waals surface area (Å²) in [5.41, 5.74) is 2.14. The molecule has 29 heavy (non-hydrogen) atoms. The van der Waals surface area contributed by atoms with E-state index in [2.05, 4.69) is 35.1 Å². The summed E-state index contributed by atoms with van der Waals surface area (Å²) in [7, 11) is 0. The van der Waals surface area contributed by atoms with Crippen molar-refractivity contribution in [3.8, 4) is 22.9 Å². The number of hydrogen-bond donors (Lipinski definition) is 0. The molecular weight excluding hydrogens is 358 g/mol. The van der Waals surface area contributed by atoms with Gasteiger partial charge >= 0.3 is 0 Å². The van der Waals surface area contributed by atoms with Crippen molar-refractivity contribution < 1.29 is 4.74 Å². The van der Waals surface area contributed by atoms with Gasteiger partial charge in [0.1, 0.15) is 11.6 Å². The molecule has 0 saturated heterocycles. The predicted octanol–water partition coefficient (Wildman–Crippen LogP) is 6.68. The molecule has 0 radical (unpaired) electrons. The molecule has 4 heteroatoms. The Kier molecular flexibility index (Phi) is 8.49. The Labute approximate surface area is 175 Å². The van der Waals surface area contributed by atoms with Crippen molar-refractivity contribution in [3.63, 3.8) is 0 Å². The van der Waals surface area contributed by atoms with Crippen molar-refractivity contribution in [2.45, 2.75) is 77.0 Å². The first-order chi connectivity index (χ1) is 14.3. The first-order valence-corrected chi connectivity index (χ1v) is 11.2. The lowest BCUT2D eigenvalue weighted by Crippen LogP contribution is -2.14. The SMILES string of the molecule is CCCCCCCCOc1ccc(-c2cnc([C@H]3CC[C@H](C#N)CC3)nc2)cc1. The third-order valence-electron chi connectivity index (χ3n) is 5.90. The Morgan fingerprint density at radius 2 is 1.55 bits per heavy atom. The lowest BCUT2D eigenvalue weighted by molar-refractivity contribution is 0.304. The molecule has 0 aliphatic heterocycles. The summed E-state index contributed by atoms with van der Waals surface area (Å²) in [6.45, 7) is 3.03. The summed E-state index contributed by atoms with van der Waals surface area (Å²) in [6, 6.07) is 10.6. The second-order valence-corrected chi connectivity index (χ2v) is 8.15. The molecule has 0 atom stereocenters. The van der Waals surface area contributed by atoms with Crippen molar-refractivity contribution in [2.24, 2.45) is 5.92 Å². The maximum atomic E-state index is 9.04. The quantitative estimate of drug-likeness (QED) is 0.424.